The SMILES string of the molecule is Cc1cn(C2CCc3ccccc32)c(NC(C)C)n1. The molecule has 0 saturated heterocycles. The highest BCUT2D eigenvalue weighted by Gasteiger charge is 2.25. The molecule has 0 spiro atoms. The largest absolute Gasteiger partial charge is 0.353 e. The molecular weight excluding hydrogens is 234 g/mol. The smallest absolute Gasteiger partial charge is 0.203 e. The normalized spacial score (nSPS) is 17.8. The van der Waals surface area contributed by atoms with Crippen LogP contribution in [0.2, 0.25) is 0 Å². The van der Waals surface area contributed by atoms with Crippen LogP contribution in [0.4, 0.5) is 5.95 Å². The lowest BCUT2D eigenvalue weighted by Crippen LogP contribution is -2.17. The molecule has 0 amide bonds. The zero-order chi connectivity index (χ0) is 13.4. The summed E-state index contributed by atoms with van der Waals surface area (Å²) in [7, 11) is 0. The summed E-state index contributed by atoms with van der Waals surface area (Å²) in [5, 5.41) is 3.45. The van der Waals surface area contributed by atoms with Gasteiger partial charge < -0.3 is 9.88 Å². The van der Waals surface area contributed by atoms with Gasteiger partial charge >= 0.3 is 0 Å². The van der Waals surface area contributed by atoms with E-state index in [9.17, 15) is 0 Å². The molecule has 0 fully saturated rings. The molecule has 1 aliphatic carbocycles. The Bertz CT molecular complexity index is 583. The Hall–Kier alpha value is -1.77. The lowest BCUT2D eigenvalue weighted by Gasteiger charge is -2.18. The van der Waals surface area contributed by atoms with Crippen LogP contribution in [0, 0.1) is 6.92 Å². The summed E-state index contributed by atoms with van der Waals surface area (Å²) in [6.45, 7) is 6.36. The van der Waals surface area contributed by atoms with Crippen molar-refractivity contribution in [2.24, 2.45) is 0 Å². The van der Waals surface area contributed by atoms with Gasteiger partial charge in [-0.05, 0) is 44.7 Å². The van der Waals surface area contributed by atoms with Gasteiger partial charge in [-0.25, -0.2) is 4.98 Å². The zero-order valence-corrected chi connectivity index (χ0v) is 11.9. The first-order valence-corrected chi connectivity index (χ1v) is 7.05. The van der Waals surface area contributed by atoms with E-state index in [1.165, 1.54) is 24.0 Å². The van der Waals surface area contributed by atoms with Gasteiger partial charge in [0.2, 0.25) is 5.95 Å². The summed E-state index contributed by atoms with van der Waals surface area (Å²) in [6.07, 6.45) is 4.50. The number of aromatic nitrogens is 2. The van der Waals surface area contributed by atoms with Crippen molar-refractivity contribution in [3.05, 3.63) is 47.3 Å². The second kappa shape index (κ2) is 4.72. The minimum atomic E-state index is 0.400. The first kappa shape index (κ1) is 12.3. The molecular formula is C16H21N3. The van der Waals surface area contributed by atoms with E-state index in [1.54, 1.807) is 0 Å². The lowest BCUT2D eigenvalue weighted by atomic mass is 10.1. The summed E-state index contributed by atoms with van der Waals surface area (Å²) in [4.78, 5) is 4.62. The Labute approximate surface area is 114 Å². The van der Waals surface area contributed by atoms with Crippen molar-refractivity contribution in [2.75, 3.05) is 5.32 Å². The van der Waals surface area contributed by atoms with Gasteiger partial charge in [-0.3, -0.25) is 0 Å². The van der Waals surface area contributed by atoms with Crippen LogP contribution < -0.4 is 5.32 Å². The fourth-order valence-electron chi connectivity index (χ4n) is 2.94. The predicted octanol–water partition coefficient (Wildman–Crippen LogP) is 3.55. The van der Waals surface area contributed by atoms with Gasteiger partial charge in [0, 0.05) is 12.2 Å². The maximum Gasteiger partial charge on any atom is 0.203 e. The first-order chi connectivity index (χ1) is 9.15. The number of nitrogens with zero attached hydrogens (tertiary/aromatic N) is 2. The average Bonchev–Trinajstić information content (AvgIpc) is 2.92. The Morgan fingerprint density at radius 2 is 2.11 bits per heavy atom. The molecule has 100 valence electrons. The van der Waals surface area contributed by atoms with E-state index < -0.39 is 0 Å². The Morgan fingerprint density at radius 1 is 1.32 bits per heavy atom. The van der Waals surface area contributed by atoms with E-state index in [0.29, 0.717) is 12.1 Å². The van der Waals surface area contributed by atoms with Crippen LogP contribution in [0.5, 0.6) is 0 Å². The maximum atomic E-state index is 4.62. The van der Waals surface area contributed by atoms with E-state index in [1.807, 2.05) is 0 Å². The lowest BCUT2D eigenvalue weighted by molar-refractivity contribution is 0.581. The number of anilines is 1. The molecule has 0 radical (unpaired) electrons. The second-order valence-electron chi connectivity index (χ2n) is 5.67. The summed E-state index contributed by atoms with van der Waals surface area (Å²) in [6, 6.07) is 9.59. The third-order valence-electron chi connectivity index (χ3n) is 3.71. The molecule has 3 nitrogen and oxygen atoms in total. The molecule has 1 atom stereocenters. The van der Waals surface area contributed by atoms with Crippen LogP contribution in [0.1, 0.15) is 43.1 Å². The fraction of sp³-hybridized carbons (Fsp3) is 0.438. The second-order valence-corrected chi connectivity index (χ2v) is 5.67. The molecule has 0 bridgehead atoms. The molecule has 1 aliphatic rings. The minimum absolute atomic E-state index is 0.400. The number of imidazole rings is 1. The maximum absolute atomic E-state index is 4.62. The van der Waals surface area contributed by atoms with Gasteiger partial charge in [-0.15, -0.1) is 0 Å². The molecule has 3 rings (SSSR count). The summed E-state index contributed by atoms with van der Waals surface area (Å²) in [5.41, 5.74) is 4.01. The number of rotatable bonds is 3. The van der Waals surface area contributed by atoms with Crippen molar-refractivity contribution in [2.45, 2.75) is 45.7 Å². The molecule has 1 heterocycles. The Balaban J connectivity index is 1.99. The van der Waals surface area contributed by atoms with E-state index in [0.717, 1.165) is 11.6 Å². The summed E-state index contributed by atoms with van der Waals surface area (Å²) < 4.78 is 2.31. The van der Waals surface area contributed by atoms with Crippen LogP contribution in [0.15, 0.2) is 30.5 Å². The highest BCUT2D eigenvalue weighted by molar-refractivity contribution is 5.39. The van der Waals surface area contributed by atoms with E-state index >= 15 is 0 Å². The Morgan fingerprint density at radius 3 is 2.89 bits per heavy atom. The molecule has 0 saturated carbocycles. The highest BCUT2D eigenvalue weighted by atomic mass is 15.2. The number of hydrogen-bond donors (Lipinski definition) is 1. The van der Waals surface area contributed by atoms with Crippen LogP contribution in [0.25, 0.3) is 0 Å². The standard InChI is InChI=1S/C16H21N3/c1-11(2)17-16-18-12(3)10-19(16)15-9-8-13-6-4-5-7-14(13)15/h4-7,10-11,15H,8-9H2,1-3H3,(H,17,18). The highest BCUT2D eigenvalue weighted by Crippen LogP contribution is 2.36. The van der Waals surface area contributed by atoms with Gasteiger partial charge in [0.25, 0.3) is 0 Å². The van der Waals surface area contributed by atoms with E-state index in [2.05, 4.69) is 66.1 Å². The van der Waals surface area contributed by atoms with Crippen LogP contribution >= 0.6 is 0 Å². The van der Waals surface area contributed by atoms with Crippen molar-refractivity contribution in [3.63, 3.8) is 0 Å². The number of hydrogen-bond acceptors (Lipinski definition) is 2. The third-order valence-corrected chi connectivity index (χ3v) is 3.71. The molecule has 3 heteroatoms. The van der Waals surface area contributed by atoms with Crippen LogP contribution in [0.3, 0.4) is 0 Å². The van der Waals surface area contributed by atoms with Crippen molar-refractivity contribution in [3.8, 4) is 0 Å². The van der Waals surface area contributed by atoms with Gasteiger partial charge in [0.15, 0.2) is 0 Å². The molecule has 0 aliphatic heterocycles. The quantitative estimate of drug-likeness (QED) is 0.909. The van der Waals surface area contributed by atoms with Crippen molar-refractivity contribution >= 4 is 5.95 Å². The van der Waals surface area contributed by atoms with Crippen molar-refractivity contribution in [1.82, 2.24) is 9.55 Å². The van der Waals surface area contributed by atoms with Gasteiger partial charge in [0.05, 0.1) is 11.7 Å². The third kappa shape index (κ3) is 2.25. The molecule has 1 N–H and O–H groups in total. The number of benzene rings is 1. The van der Waals surface area contributed by atoms with Gasteiger partial charge in [-0.2, -0.15) is 0 Å². The van der Waals surface area contributed by atoms with Gasteiger partial charge in [0.1, 0.15) is 0 Å². The minimum Gasteiger partial charge on any atom is -0.353 e. The van der Waals surface area contributed by atoms with Crippen LogP contribution in [-0.2, 0) is 6.42 Å². The zero-order valence-electron chi connectivity index (χ0n) is 11.9. The summed E-state index contributed by atoms with van der Waals surface area (Å²) in [5.74, 6) is 0.995. The van der Waals surface area contributed by atoms with Crippen molar-refractivity contribution < 1.29 is 0 Å². The molecule has 1 unspecified atom stereocenters. The molecule has 2 aromatic rings. The molecule has 1 aromatic carbocycles. The average molecular weight is 255 g/mol. The van der Waals surface area contributed by atoms with Crippen LogP contribution in [-0.4, -0.2) is 15.6 Å². The van der Waals surface area contributed by atoms with Gasteiger partial charge in [-0.1, -0.05) is 24.3 Å². The van der Waals surface area contributed by atoms with E-state index in [4.69, 9.17) is 0 Å². The molecule has 1 aromatic heterocycles. The monoisotopic (exact) mass is 255 g/mol. The summed E-state index contributed by atoms with van der Waals surface area (Å²) >= 11 is 0. The number of aryl methyl sites for hydroxylation is 2. The first-order valence-electron chi connectivity index (χ1n) is 7.05. The van der Waals surface area contributed by atoms with Crippen molar-refractivity contribution in [1.29, 1.82) is 0 Å². The number of nitrogens with one attached hydrogen (secondary N) is 1. The Kier molecular flexibility index (Phi) is 3.05. The topological polar surface area (TPSA) is 29.9 Å². The fourth-order valence-corrected chi connectivity index (χ4v) is 2.94. The molecule has 19 heavy (non-hydrogen) atoms. The number of fused-ring (bicyclic) bond motifs is 1. The predicted molar refractivity (Wildman–Crippen MR) is 78.6 cm³/mol. The van der Waals surface area contributed by atoms with E-state index in [-0.39, 0.29) is 0 Å².